The Balaban J connectivity index is 4.11. The first kappa shape index (κ1) is 71.0. The van der Waals surface area contributed by atoms with Crippen molar-refractivity contribution < 1.29 is 42.9 Å². The molecule has 430 valence electrons. The highest BCUT2D eigenvalue weighted by Crippen LogP contribution is 2.17. The third-order valence-corrected chi connectivity index (χ3v) is 13.5. The zero-order valence-electron chi connectivity index (χ0n) is 49.0. The monoisotopic (exact) mass is 1040 g/mol. The van der Waals surface area contributed by atoms with Crippen LogP contribution < -0.4 is 5.11 Å². The van der Waals surface area contributed by atoms with Crippen molar-refractivity contribution in [2.75, 3.05) is 47.5 Å². The van der Waals surface area contributed by atoms with E-state index >= 15 is 0 Å². The lowest BCUT2D eigenvalue weighted by molar-refractivity contribution is -0.870. The molecule has 2 unspecified atom stereocenters. The van der Waals surface area contributed by atoms with Crippen LogP contribution >= 0.6 is 0 Å². The van der Waals surface area contributed by atoms with Gasteiger partial charge in [-0.3, -0.25) is 9.59 Å². The highest BCUT2D eigenvalue weighted by atomic mass is 16.7. The van der Waals surface area contributed by atoms with Crippen LogP contribution in [0.2, 0.25) is 0 Å². The predicted molar refractivity (Wildman–Crippen MR) is 311 cm³/mol. The van der Waals surface area contributed by atoms with E-state index in [4.69, 9.17) is 18.9 Å². The number of nitrogens with zero attached hydrogens (tertiary/aromatic N) is 1. The molecule has 0 rings (SSSR count). The standard InChI is InChI=1S/C65H117NO8/c1-6-8-10-12-14-16-18-20-22-24-25-26-27-28-29-30-31-32-33-34-35-36-37-38-39-40-42-44-46-48-50-52-54-56-63(68)74-61(60-73-65(64(69)70)71-58-57-66(3,4)5)59-72-62(67)55-53-51-49-47-45-43-41-23-21-19-17-15-13-11-9-7-2/h17-20,23-25,27-28,41,61,65H,6-16,21-22,26,29-40,42-60H2,1-5H3/b19-17-,20-18-,25-24-,28-27-,41-23-. The Bertz CT molecular complexity index is 1400. The van der Waals surface area contributed by atoms with Gasteiger partial charge in [0.1, 0.15) is 13.2 Å². The molecule has 0 aromatic heterocycles. The van der Waals surface area contributed by atoms with E-state index in [2.05, 4.69) is 74.6 Å². The molecule has 0 saturated carbocycles. The Kier molecular flexibility index (Phi) is 53.9. The first-order valence-corrected chi connectivity index (χ1v) is 30.9. The lowest BCUT2D eigenvalue weighted by atomic mass is 10.0. The van der Waals surface area contributed by atoms with E-state index < -0.39 is 24.3 Å². The molecule has 0 aliphatic heterocycles. The number of hydrogen-bond donors (Lipinski definition) is 0. The van der Waals surface area contributed by atoms with Gasteiger partial charge in [-0.15, -0.1) is 0 Å². The summed E-state index contributed by atoms with van der Waals surface area (Å²) in [5.74, 6) is -2.29. The van der Waals surface area contributed by atoms with Crippen molar-refractivity contribution in [1.82, 2.24) is 0 Å². The maximum Gasteiger partial charge on any atom is 0.306 e. The van der Waals surface area contributed by atoms with Crippen molar-refractivity contribution in [2.45, 2.75) is 289 Å². The summed E-state index contributed by atoms with van der Waals surface area (Å²) in [4.78, 5) is 37.3. The number of allylic oxidation sites excluding steroid dienone is 10. The number of hydrogen-bond acceptors (Lipinski definition) is 8. The molecule has 9 heteroatoms. The van der Waals surface area contributed by atoms with Crippen LogP contribution in [0.3, 0.4) is 0 Å². The summed E-state index contributed by atoms with van der Waals surface area (Å²) in [6.45, 7) is 4.72. The fraction of sp³-hybridized carbons (Fsp3) is 0.800. The summed E-state index contributed by atoms with van der Waals surface area (Å²) in [6.07, 6.45) is 68.6. The molecule has 0 N–H and O–H groups in total. The topological polar surface area (TPSA) is 111 Å². The fourth-order valence-corrected chi connectivity index (χ4v) is 8.69. The molecule has 0 heterocycles. The van der Waals surface area contributed by atoms with E-state index in [-0.39, 0.29) is 38.6 Å². The van der Waals surface area contributed by atoms with Crippen LogP contribution in [0, 0.1) is 0 Å². The first-order valence-electron chi connectivity index (χ1n) is 30.9. The number of carboxylic acid groups (broad SMARTS) is 1. The van der Waals surface area contributed by atoms with Gasteiger partial charge >= 0.3 is 11.9 Å². The maximum atomic E-state index is 12.9. The molecule has 0 aliphatic rings. The Morgan fingerprint density at radius 2 is 0.730 bits per heavy atom. The zero-order valence-corrected chi connectivity index (χ0v) is 49.0. The molecule has 2 atom stereocenters. The van der Waals surface area contributed by atoms with Gasteiger partial charge in [0.2, 0.25) is 0 Å². The Labute approximate surface area is 456 Å². The third kappa shape index (κ3) is 56.7. The molecule has 0 bridgehead atoms. The van der Waals surface area contributed by atoms with Crippen molar-refractivity contribution in [1.29, 1.82) is 0 Å². The van der Waals surface area contributed by atoms with E-state index in [1.54, 1.807) is 0 Å². The molecular weight excluding hydrogens is 923 g/mol. The van der Waals surface area contributed by atoms with Crippen LogP contribution in [0.4, 0.5) is 0 Å². The number of unbranched alkanes of at least 4 members (excludes halogenated alkanes) is 32. The summed E-state index contributed by atoms with van der Waals surface area (Å²) in [6, 6.07) is 0. The van der Waals surface area contributed by atoms with Gasteiger partial charge in [0.05, 0.1) is 40.3 Å². The number of carbonyl (C=O) groups is 3. The van der Waals surface area contributed by atoms with Crippen LogP contribution in [0.15, 0.2) is 60.8 Å². The number of likely N-dealkylation sites (N-methyl/N-ethyl adjacent to an activating group) is 1. The van der Waals surface area contributed by atoms with E-state index in [0.717, 1.165) is 70.6 Å². The SMILES string of the molecule is CCCCCC/C=C\C/C=C\CCCCCCCC(=O)OCC(COC(OCC[N+](C)(C)C)C(=O)[O-])OC(=O)CCCCCCCCCCCCCCCCCCCC/C=C\C/C=C\C/C=C\CCCCCCC. The van der Waals surface area contributed by atoms with Gasteiger partial charge in [-0.1, -0.05) is 242 Å². The number of aliphatic carboxylic acids is 1. The quantitative estimate of drug-likeness (QED) is 0.0195. The average molecular weight is 1040 g/mol. The van der Waals surface area contributed by atoms with Crippen molar-refractivity contribution in [2.24, 2.45) is 0 Å². The molecule has 9 nitrogen and oxygen atoms in total. The minimum absolute atomic E-state index is 0.145. The second kappa shape index (κ2) is 56.2. The fourth-order valence-electron chi connectivity index (χ4n) is 8.69. The second-order valence-corrected chi connectivity index (χ2v) is 22.0. The van der Waals surface area contributed by atoms with Gasteiger partial charge in [0, 0.05) is 12.8 Å². The lowest BCUT2D eigenvalue weighted by Gasteiger charge is -2.26. The highest BCUT2D eigenvalue weighted by Gasteiger charge is 2.22. The van der Waals surface area contributed by atoms with Crippen molar-refractivity contribution >= 4 is 17.9 Å². The van der Waals surface area contributed by atoms with Gasteiger partial charge < -0.3 is 33.3 Å². The molecule has 0 radical (unpaired) electrons. The number of esters is 2. The minimum atomic E-state index is -1.62. The van der Waals surface area contributed by atoms with Crippen LogP contribution in [0.5, 0.6) is 0 Å². The van der Waals surface area contributed by atoms with Crippen molar-refractivity contribution in [3.63, 3.8) is 0 Å². The van der Waals surface area contributed by atoms with Gasteiger partial charge in [-0.25, -0.2) is 0 Å². The summed E-state index contributed by atoms with van der Waals surface area (Å²) in [7, 11) is 5.92. The molecule has 0 aliphatic carbocycles. The molecule has 0 fully saturated rings. The molecule has 74 heavy (non-hydrogen) atoms. The number of rotatable bonds is 57. The maximum absolute atomic E-state index is 12.9. The third-order valence-electron chi connectivity index (χ3n) is 13.5. The van der Waals surface area contributed by atoms with E-state index in [1.807, 2.05) is 21.1 Å². The van der Waals surface area contributed by atoms with Crippen LogP contribution in [0.1, 0.15) is 277 Å². The summed E-state index contributed by atoms with van der Waals surface area (Å²) < 4.78 is 22.7. The molecular formula is C65H117NO8. The van der Waals surface area contributed by atoms with Gasteiger partial charge in [-0.05, 0) is 83.5 Å². The average Bonchev–Trinajstić information content (AvgIpc) is 3.37. The number of carboxylic acids is 1. The Morgan fingerprint density at radius 1 is 0.405 bits per heavy atom. The van der Waals surface area contributed by atoms with E-state index in [1.165, 1.54) is 173 Å². The normalized spacial score (nSPS) is 13.1. The van der Waals surface area contributed by atoms with Gasteiger partial charge in [0.25, 0.3) is 0 Å². The zero-order chi connectivity index (χ0) is 54.1. The number of carbonyl (C=O) groups excluding carboxylic acids is 3. The largest absolute Gasteiger partial charge is 0.545 e. The van der Waals surface area contributed by atoms with Crippen LogP contribution in [-0.2, 0) is 33.3 Å². The van der Waals surface area contributed by atoms with Gasteiger partial charge in [-0.2, -0.15) is 0 Å². The number of ether oxygens (including phenoxy) is 4. The summed E-state index contributed by atoms with van der Waals surface area (Å²) in [5, 5.41) is 11.8. The minimum Gasteiger partial charge on any atom is -0.545 e. The van der Waals surface area contributed by atoms with Crippen molar-refractivity contribution in [3.05, 3.63) is 60.8 Å². The van der Waals surface area contributed by atoms with Crippen LogP contribution in [0.25, 0.3) is 0 Å². The molecule has 0 amide bonds. The highest BCUT2D eigenvalue weighted by molar-refractivity contribution is 5.70. The Morgan fingerprint density at radius 3 is 1.09 bits per heavy atom. The Hall–Kier alpha value is -3.01. The predicted octanol–water partition coefficient (Wildman–Crippen LogP) is 17.1. The molecule has 0 spiro atoms. The van der Waals surface area contributed by atoms with Crippen LogP contribution in [-0.4, -0.2) is 82.3 Å². The summed E-state index contributed by atoms with van der Waals surface area (Å²) >= 11 is 0. The van der Waals surface area contributed by atoms with Crippen molar-refractivity contribution in [3.8, 4) is 0 Å². The lowest BCUT2D eigenvalue weighted by Crippen LogP contribution is -2.44. The second-order valence-electron chi connectivity index (χ2n) is 22.0. The first-order chi connectivity index (χ1) is 36.1. The molecule has 0 saturated heterocycles. The smallest absolute Gasteiger partial charge is 0.306 e. The van der Waals surface area contributed by atoms with E-state index in [0.29, 0.717) is 17.4 Å². The summed E-state index contributed by atoms with van der Waals surface area (Å²) in [5.41, 5.74) is 0. The molecule has 0 aromatic carbocycles. The molecule has 0 aromatic rings. The van der Waals surface area contributed by atoms with E-state index in [9.17, 15) is 19.5 Å². The number of quaternary nitrogens is 1. The van der Waals surface area contributed by atoms with Gasteiger partial charge in [0.15, 0.2) is 12.4 Å².